The quantitative estimate of drug-likeness (QED) is 0.826. The summed E-state index contributed by atoms with van der Waals surface area (Å²) in [4.78, 5) is 7.37. The molecule has 0 aliphatic heterocycles. The van der Waals surface area contributed by atoms with Crippen LogP contribution in [-0.2, 0) is 0 Å². The van der Waals surface area contributed by atoms with E-state index in [1.165, 1.54) is 0 Å². The molecule has 1 heterocycles. The molecule has 2 rings (SSSR count). The molecule has 1 aromatic heterocycles. The monoisotopic (exact) mass is 266 g/mol. The van der Waals surface area contributed by atoms with Crippen LogP contribution < -0.4 is 10.6 Å². The van der Waals surface area contributed by atoms with E-state index in [4.69, 9.17) is 11.6 Å². The van der Waals surface area contributed by atoms with Gasteiger partial charge in [-0.1, -0.05) is 12.2 Å². The molecule has 0 amide bonds. The number of anilines is 1. The maximum atomic E-state index is 13.5. The van der Waals surface area contributed by atoms with Crippen LogP contribution in [0.1, 0.15) is 6.42 Å². The minimum absolute atomic E-state index is 0.0110. The average molecular weight is 267 g/mol. The number of hydrogen-bond donors (Lipinski definition) is 2. The van der Waals surface area contributed by atoms with Crippen molar-refractivity contribution in [2.24, 2.45) is 0 Å². The number of halogens is 2. The van der Waals surface area contributed by atoms with Gasteiger partial charge in [0.15, 0.2) is 11.6 Å². The Hall–Kier alpha value is -1.88. The molecule has 1 aliphatic rings. The predicted octanol–water partition coefficient (Wildman–Crippen LogP) is 2.63. The van der Waals surface area contributed by atoms with E-state index < -0.39 is 5.82 Å². The van der Waals surface area contributed by atoms with Crippen LogP contribution in [0.3, 0.4) is 0 Å². The van der Waals surface area contributed by atoms with Crippen molar-refractivity contribution in [2.75, 3.05) is 12.4 Å². The standard InChI is InChI=1S/C12H12ClFN4/c1-15-6-8-3-2-4-9(5-8)17-11-10(14)7-16-12(13)18-11/h2-4,6-7,15H,5H2,1H3,(H,16,17,18). The Balaban J connectivity index is 2.15. The van der Waals surface area contributed by atoms with Gasteiger partial charge in [-0.05, 0) is 29.5 Å². The van der Waals surface area contributed by atoms with E-state index in [2.05, 4.69) is 20.6 Å². The first-order valence-corrected chi connectivity index (χ1v) is 5.75. The predicted molar refractivity (Wildman–Crippen MR) is 69.6 cm³/mol. The highest BCUT2D eigenvalue weighted by atomic mass is 35.5. The second-order valence-electron chi connectivity index (χ2n) is 3.70. The van der Waals surface area contributed by atoms with Gasteiger partial charge in [-0.2, -0.15) is 4.98 Å². The van der Waals surface area contributed by atoms with E-state index in [0.717, 1.165) is 17.5 Å². The van der Waals surface area contributed by atoms with Crippen LogP contribution in [0.15, 0.2) is 41.9 Å². The summed E-state index contributed by atoms with van der Waals surface area (Å²) in [6.45, 7) is 0. The molecular formula is C12H12ClFN4. The van der Waals surface area contributed by atoms with Gasteiger partial charge in [0, 0.05) is 19.2 Å². The Labute approximate surface area is 109 Å². The lowest BCUT2D eigenvalue weighted by atomic mass is 10.1. The smallest absolute Gasteiger partial charge is 0.224 e. The van der Waals surface area contributed by atoms with E-state index in [9.17, 15) is 4.39 Å². The van der Waals surface area contributed by atoms with Gasteiger partial charge in [-0.25, -0.2) is 9.37 Å². The molecule has 0 saturated heterocycles. The normalized spacial score (nSPS) is 16.6. The highest BCUT2D eigenvalue weighted by molar-refractivity contribution is 6.28. The Bertz CT molecular complexity index is 537. The molecular weight excluding hydrogens is 255 g/mol. The molecule has 0 spiro atoms. The van der Waals surface area contributed by atoms with E-state index in [0.29, 0.717) is 6.42 Å². The van der Waals surface area contributed by atoms with Crippen molar-refractivity contribution in [1.29, 1.82) is 0 Å². The summed E-state index contributed by atoms with van der Waals surface area (Å²) in [5.74, 6) is -0.450. The fourth-order valence-electron chi connectivity index (χ4n) is 1.58. The molecule has 18 heavy (non-hydrogen) atoms. The number of nitrogens with one attached hydrogen (secondary N) is 2. The fourth-order valence-corrected chi connectivity index (χ4v) is 1.71. The van der Waals surface area contributed by atoms with Crippen molar-refractivity contribution in [3.63, 3.8) is 0 Å². The molecule has 0 aromatic carbocycles. The summed E-state index contributed by atoms with van der Waals surface area (Å²) < 4.78 is 13.5. The van der Waals surface area contributed by atoms with Crippen LogP contribution >= 0.6 is 11.6 Å². The number of hydrogen-bond acceptors (Lipinski definition) is 4. The lowest BCUT2D eigenvalue weighted by Gasteiger charge is -2.14. The van der Waals surface area contributed by atoms with Gasteiger partial charge in [-0.15, -0.1) is 0 Å². The Morgan fingerprint density at radius 1 is 1.50 bits per heavy atom. The molecule has 6 heteroatoms. The molecule has 1 aliphatic carbocycles. The topological polar surface area (TPSA) is 49.8 Å². The second-order valence-corrected chi connectivity index (χ2v) is 4.03. The molecule has 0 fully saturated rings. The van der Waals surface area contributed by atoms with Crippen molar-refractivity contribution in [1.82, 2.24) is 15.3 Å². The van der Waals surface area contributed by atoms with Gasteiger partial charge in [0.1, 0.15) is 0 Å². The Morgan fingerprint density at radius 3 is 3.11 bits per heavy atom. The maximum Gasteiger partial charge on any atom is 0.224 e. The summed E-state index contributed by atoms with van der Waals surface area (Å²) in [7, 11) is 1.83. The summed E-state index contributed by atoms with van der Waals surface area (Å²) in [6, 6.07) is 0. The van der Waals surface area contributed by atoms with E-state index in [1.54, 1.807) is 0 Å². The first-order valence-electron chi connectivity index (χ1n) is 5.37. The third-order valence-electron chi connectivity index (χ3n) is 2.33. The van der Waals surface area contributed by atoms with Gasteiger partial charge in [-0.3, -0.25) is 0 Å². The molecule has 2 N–H and O–H groups in total. The lowest BCUT2D eigenvalue weighted by molar-refractivity contribution is 0.618. The number of aromatic nitrogens is 2. The van der Waals surface area contributed by atoms with Crippen LogP contribution in [0.4, 0.5) is 10.2 Å². The Morgan fingerprint density at radius 2 is 2.33 bits per heavy atom. The first-order chi connectivity index (χ1) is 8.69. The van der Waals surface area contributed by atoms with Gasteiger partial charge in [0.05, 0.1) is 6.20 Å². The van der Waals surface area contributed by atoms with Crippen LogP contribution in [0.25, 0.3) is 0 Å². The molecule has 0 bridgehead atoms. The molecule has 0 radical (unpaired) electrons. The lowest BCUT2D eigenvalue weighted by Crippen LogP contribution is -2.08. The van der Waals surface area contributed by atoms with Gasteiger partial charge >= 0.3 is 0 Å². The minimum atomic E-state index is -0.533. The average Bonchev–Trinajstić information content (AvgIpc) is 2.35. The van der Waals surface area contributed by atoms with E-state index >= 15 is 0 Å². The summed E-state index contributed by atoms with van der Waals surface area (Å²) in [5, 5.41) is 5.87. The number of nitrogens with zero attached hydrogens (tertiary/aromatic N) is 2. The van der Waals surface area contributed by atoms with Crippen molar-refractivity contribution in [3.8, 4) is 0 Å². The molecule has 94 valence electrons. The summed E-state index contributed by atoms with van der Waals surface area (Å²) >= 11 is 5.63. The highest BCUT2D eigenvalue weighted by Gasteiger charge is 2.10. The molecule has 1 aromatic rings. The van der Waals surface area contributed by atoms with Gasteiger partial charge < -0.3 is 10.6 Å². The second kappa shape index (κ2) is 5.64. The number of rotatable bonds is 3. The third-order valence-corrected chi connectivity index (χ3v) is 2.51. The largest absolute Gasteiger partial charge is 0.394 e. The van der Waals surface area contributed by atoms with Crippen LogP contribution in [0, 0.1) is 5.82 Å². The Kier molecular flexibility index (Phi) is 3.94. The van der Waals surface area contributed by atoms with Crippen LogP contribution in [-0.4, -0.2) is 17.0 Å². The fraction of sp³-hybridized carbons (Fsp3) is 0.167. The zero-order valence-corrected chi connectivity index (χ0v) is 10.5. The first kappa shape index (κ1) is 12.6. The van der Waals surface area contributed by atoms with Crippen molar-refractivity contribution >= 4 is 17.4 Å². The van der Waals surface area contributed by atoms with Gasteiger partial charge in [0.25, 0.3) is 0 Å². The van der Waals surface area contributed by atoms with Crippen molar-refractivity contribution in [3.05, 3.63) is 53.0 Å². The minimum Gasteiger partial charge on any atom is -0.394 e. The zero-order valence-electron chi connectivity index (χ0n) is 9.74. The molecule has 0 unspecified atom stereocenters. The summed E-state index contributed by atoms with van der Waals surface area (Å²) in [6.07, 6.45) is 9.32. The SMILES string of the molecule is CNC=C1C=CC=C(Nc2nc(Cl)ncc2F)C1. The molecule has 0 saturated carbocycles. The number of allylic oxidation sites excluding steroid dienone is 4. The van der Waals surface area contributed by atoms with Gasteiger partial charge in [0.2, 0.25) is 5.28 Å². The molecule has 0 atom stereocenters. The van der Waals surface area contributed by atoms with E-state index in [1.807, 2.05) is 31.5 Å². The van der Waals surface area contributed by atoms with Crippen molar-refractivity contribution in [2.45, 2.75) is 6.42 Å². The van der Waals surface area contributed by atoms with Crippen LogP contribution in [0.2, 0.25) is 5.28 Å². The molecule has 4 nitrogen and oxygen atoms in total. The highest BCUT2D eigenvalue weighted by Crippen LogP contribution is 2.21. The van der Waals surface area contributed by atoms with Crippen LogP contribution in [0.5, 0.6) is 0 Å². The summed E-state index contributed by atoms with van der Waals surface area (Å²) in [5.41, 5.74) is 1.93. The third kappa shape index (κ3) is 3.07. The maximum absolute atomic E-state index is 13.5. The van der Waals surface area contributed by atoms with Crippen molar-refractivity contribution < 1.29 is 4.39 Å². The zero-order chi connectivity index (χ0) is 13.0. The van der Waals surface area contributed by atoms with E-state index in [-0.39, 0.29) is 11.1 Å².